The monoisotopic (exact) mass is 472 g/mol. The van der Waals surface area contributed by atoms with Crippen LogP contribution in [-0.4, -0.2) is 23.7 Å². The maximum absolute atomic E-state index is 12.7. The van der Waals surface area contributed by atoms with Crippen LogP contribution in [0.5, 0.6) is 5.88 Å². The molecule has 6 N–H and O–H groups in total. The molecule has 1 aromatic heterocycles. The average Bonchev–Trinajstić information content (AvgIpc) is 3.10. The number of rotatable bonds is 6. The normalized spacial score (nSPS) is 12.0. The number of nitrogens with one attached hydrogen (secondary N) is 2. The van der Waals surface area contributed by atoms with Gasteiger partial charge in [-0.3, -0.25) is 4.72 Å². The summed E-state index contributed by atoms with van der Waals surface area (Å²) >= 11 is 5.83. The summed E-state index contributed by atoms with van der Waals surface area (Å²) in [6.45, 7) is 1.90. The molecule has 11 heteroatoms. The van der Waals surface area contributed by atoms with E-state index in [1.807, 2.05) is 19.1 Å². The number of fused-ring (bicyclic) bond motifs is 1. The highest BCUT2D eigenvalue weighted by atomic mass is 35.5. The molecular weight excluding hydrogens is 454 g/mol. The molecule has 32 heavy (non-hydrogen) atoms. The number of H-pyrrole nitrogens is 1. The number of nitrogens with zero attached hydrogens (tertiary/aromatic N) is 2. The number of quaternary nitrogens is 1. The van der Waals surface area contributed by atoms with Crippen molar-refractivity contribution in [3.63, 3.8) is 0 Å². The van der Waals surface area contributed by atoms with Gasteiger partial charge in [-0.1, -0.05) is 29.8 Å². The minimum absolute atomic E-state index is 0.0720. The third-order valence-electron chi connectivity index (χ3n) is 4.80. The Kier molecular flexibility index (Phi) is 5.85. The molecule has 164 valence electrons. The lowest BCUT2D eigenvalue weighted by atomic mass is 10.1. The number of para-hydroxylation sites is 1. The molecule has 0 saturated carbocycles. The summed E-state index contributed by atoms with van der Waals surface area (Å²) in [7, 11) is -3.92. The summed E-state index contributed by atoms with van der Waals surface area (Å²) in [6.07, 6.45) is 0. The second-order valence-electron chi connectivity index (χ2n) is 6.98. The Morgan fingerprint density at radius 1 is 1.06 bits per heavy atom. The molecule has 4 rings (SSSR count). The minimum Gasteiger partial charge on any atom is -0.493 e. The Morgan fingerprint density at radius 3 is 2.53 bits per heavy atom. The third kappa shape index (κ3) is 4.30. The van der Waals surface area contributed by atoms with Gasteiger partial charge in [0.05, 0.1) is 10.4 Å². The first kappa shape index (κ1) is 21.8. The summed E-state index contributed by atoms with van der Waals surface area (Å²) < 4.78 is 27.9. The van der Waals surface area contributed by atoms with Gasteiger partial charge in [0, 0.05) is 22.2 Å². The second kappa shape index (κ2) is 8.60. The number of aromatic nitrogens is 1. The van der Waals surface area contributed by atoms with Crippen molar-refractivity contribution >= 4 is 55.3 Å². The van der Waals surface area contributed by atoms with Crippen molar-refractivity contribution in [2.24, 2.45) is 10.2 Å². The lowest BCUT2D eigenvalue weighted by Gasteiger charge is -2.09. The lowest BCUT2D eigenvalue weighted by molar-refractivity contribution is -0.825. The van der Waals surface area contributed by atoms with Gasteiger partial charge in [0.25, 0.3) is 10.0 Å². The Balaban J connectivity index is 1.65. The molecule has 0 radical (unpaired) electrons. The SMILES string of the molecule is Cc1cccc2c(N=Nc3ccc(S(=O)(=O)Nc4ccc(Cl)cc4)cc3[NH2+]O)c(O)[nH]c12. The Labute approximate surface area is 188 Å². The van der Waals surface area contributed by atoms with E-state index < -0.39 is 10.0 Å². The van der Waals surface area contributed by atoms with Gasteiger partial charge in [-0.15, -0.1) is 10.2 Å². The van der Waals surface area contributed by atoms with Crippen LogP contribution >= 0.6 is 11.6 Å². The van der Waals surface area contributed by atoms with E-state index in [2.05, 4.69) is 19.9 Å². The van der Waals surface area contributed by atoms with Gasteiger partial charge in [0.1, 0.15) is 5.69 Å². The molecule has 0 bridgehead atoms. The number of sulfonamides is 1. The number of hydrogen-bond donors (Lipinski definition) is 5. The molecule has 3 aromatic carbocycles. The van der Waals surface area contributed by atoms with Crippen LogP contribution in [0.25, 0.3) is 10.9 Å². The Hall–Kier alpha value is -3.44. The first-order valence-electron chi connectivity index (χ1n) is 9.40. The molecule has 1 heterocycles. The van der Waals surface area contributed by atoms with E-state index in [4.69, 9.17) is 11.6 Å². The molecule has 0 saturated heterocycles. The maximum Gasteiger partial charge on any atom is 0.262 e. The number of aryl methyl sites for hydroxylation is 1. The first-order chi connectivity index (χ1) is 15.3. The highest BCUT2D eigenvalue weighted by Gasteiger charge is 2.19. The largest absolute Gasteiger partial charge is 0.493 e. The highest BCUT2D eigenvalue weighted by Crippen LogP contribution is 2.38. The average molecular weight is 473 g/mol. The topological polar surface area (TPSA) is 144 Å². The van der Waals surface area contributed by atoms with Crippen LogP contribution in [0.15, 0.2) is 75.8 Å². The van der Waals surface area contributed by atoms with Crippen molar-refractivity contribution < 1.29 is 24.2 Å². The van der Waals surface area contributed by atoms with E-state index in [-0.39, 0.29) is 27.8 Å². The van der Waals surface area contributed by atoms with Crippen LogP contribution in [0, 0.1) is 6.92 Å². The van der Waals surface area contributed by atoms with E-state index in [1.165, 1.54) is 30.3 Å². The van der Waals surface area contributed by atoms with Crippen LogP contribution in [-0.2, 0) is 10.0 Å². The van der Waals surface area contributed by atoms with Crippen LogP contribution in [0.4, 0.5) is 22.7 Å². The lowest BCUT2D eigenvalue weighted by Crippen LogP contribution is -2.73. The zero-order valence-corrected chi connectivity index (χ0v) is 18.3. The summed E-state index contributed by atoms with van der Waals surface area (Å²) in [5, 5.41) is 29.2. The van der Waals surface area contributed by atoms with Crippen LogP contribution in [0.2, 0.25) is 5.02 Å². The fourth-order valence-electron chi connectivity index (χ4n) is 3.17. The quantitative estimate of drug-likeness (QED) is 0.158. The fourth-order valence-corrected chi connectivity index (χ4v) is 4.39. The highest BCUT2D eigenvalue weighted by molar-refractivity contribution is 7.92. The zero-order chi connectivity index (χ0) is 22.9. The van der Waals surface area contributed by atoms with Crippen LogP contribution in [0.3, 0.4) is 0 Å². The summed E-state index contributed by atoms with van der Waals surface area (Å²) in [4.78, 5) is 2.79. The molecule has 9 nitrogen and oxygen atoms in total. The van der Waals surface area contributed by atoms with E-state index in [9.17, 15) is 18.7 Å². The molecular formula is C21H19ClN5O4S+. The van der Waals surface area contributed by atoms with Crippen molar-refractivity contribution in [2.45, 2.75) is 11.8 Å². The predicted octanol–water partition coefficient (Wildman–Crippen LogP) is 4.64. The van der Waals surface area contributed by atoms with Gasteiger partial charge >= 0.3 is 0 Å². The van der Waals surface area contributed by atoms with E-state index in [1.54, 1.807) is 18.2 Å². The van der Waals surface area contributed by atoms with Crippen LogP contribution < -0.4 is 10.2 Å². The number of aromatic amines is 1. The molecule has 0 aliphatic carbocycles. The number of azo groups is 1. The van der Waals surface area contributed by atoms with Crippen molar-refractivity contribution in [3.05, 3.63) is 71.2 Å². The van der Waals surface area contributed by atoms with E-state index in [0.29, 0.717) is 16.1 Å². The van der Waals surface area contributed by atoms with Gasteiger partial charge in [-0.25, -0.2) is 13.6 Å². The Morgan fingerprint density at radius 2 is 1.81 bits per heavy atom. The number of hydrogen-bond acceptors (Lipinski definition) is 6. The molecule has 4 aromatic rings. The van der Waals surface area contributed by atoms with Crippen molar-refractivity contribution in [1.29, 1.82) is 0 Å². The number of anilines is 1. The zero-order valence-electron chi connectivity index (χ0n) is 16.7. The third-order valence-corrected chi connectivity index (χ3v) is 6.43. The van der Waals surface area contributed by atoms with Crippen molar-refractivity contribution in [2.75, 3.05) is 4.72 Å². The van der Waals surface area contributed by atoms with Crippen molar-refractivity contribution in [1.82, 2.24) is 4.98 Å². The number of halogens is 1. The number of aromatic hydroxyl groups is 1. The first-order valence-corrected chi connectivity index (χ1v) is 11.3. The number of benzene rings is 3. The summed E-state index contributed by atoms with van der Waals surface area (Å²) in [5.41, 5.74) is 3.37. The smallest absolute Gasteiger partial charge is 0.262 e. The molecule has 0 spiro atoms. The molecule has 0 aliphatic heterocycles. The Bertz CT molecular complexity index is 1430. The molecule has 0 amide bonds. The van der Waals surface area contributed by atoms with Crippen molar-refractivity contribution in [3.8, 4) is 5.88 Å². The molecule has 0 unspecified atom stereocenters. The number of nitrogens with two attached hydrogens (primary N) is 1. The van der Waals surface area contributed by atoms with Crippen LogP contribution in [0.1, 0.15) is 5.56 Å². The molecule has 0 atom stereocenters. The molecule has 0 aliphatic rings. The summed E-state index contributed by atoms with van der Waals surface area (Å²) in [6, 6.07) is 15.8. The van der Waals surface area contributed by atoms with Gasteiger partial charge in [-0.2, -0.15) is 5.48 Å². The van der Waals surface area contributed by atoms with E-state index in [0.717, 1.165) is 16.6 Å². The van der Waals surface area contributed by atoms with Gasteiger partial charge in [0.2, 0.25) is 5.88 Å². The van der Waals surface area contributed by atoms with Gasteiger partial charge in [0.15, 0.2) is 11.4 Å². The fraction of sp³-hybridized carbons (Fsp3) is 0.0476. The minimum atomic E-state index is -3.92. The summed E-state index contributed by atoms with van der Waals surface area (Å²) in [5.74, 6) is -0.140. The standard InChI is InChI=1S/C21H18ClN5O4S/c1-12-3-2-4-16-19(12)23-21(28)20(16)25-24-17-10-9-15(11-18(17)26-29)32(30,31)27-14-7-5-13(22)6-8-14/h2-11,23,26-29H,1H3/p+1. The second-order valence-corrected chi connectivity index (χ2v) is 9.10. The molecule has 0 fully saturated rings. The van der Waals surface area contributed by atoms with E-state index >= 15 is 0 Å². The predicted molar refractivity (Wildman–Crippen MR) is 121 cm³/mol. The van der Waals surface area contributed by atoms with Gasteiger partial charge in [-0.05, 0) is 48.9 Å². The van der Waals surface area contributed by atoms with Gasteiger partial charge < -0.3 is 10.1 Å². The maximum atomic E-state index is 12.7.